The summed E-state index contributed by atoms with van der Waals surface area (Å²) in [7, 11) is -3.84. The number of carbonyl (C=O) groups excluding carboxylic acids is 1. The van der Waals surface area contributed by atoms with Crippen molar-refractivity contribution in [3.8, 4) is 5.75 Å². The van der Waals surface area contributed by atoms with E-state index < -0.39 is 16.1 Å². The van der Waals surface area contributed by atoms with E-state index >= 15 is 0 Å². The number of carbonyl (C=O) groups is 1. The van der Waals surface area contributed by atoms with Crippen LogP contribution in [0, 0.1) is 0 Å². The number of rotatable bonds is 5. The summed E-state index contributed by atoms with van der Waals surface area (Å²) in [6.07, 6.45) is 2.60. The molecule has 0 unspecified atom stereocenters. The lowest BCUT2D eigenvalue weighted by Gasteiger charge is -2.12. The summed E-state index contributed by atoms with van der Waals surface area (Å²) in [4.78, 5) is 20.2. The van der Waals surface area contributed by atoms with Crippen molar-refractivity contribution in [2.24, 2.45) is 0 Å². The van der Waals surface area contributed by atoms with Crippen molar-refractivity contribution in [2.45, 2.75) is 17.4 Å². The number of hydrogen-bond acceptors (Lipinski definition) is 6. The molecule has 0 spiro atoms. The summed E-state index contributed by atoms with van der Waals surface area (Å²) < 4.78 is 32.7. The quantitative estimate of drug-likeness (QED) is 0.644. The fourth-order valence-corrected chi connectivity index (χ4v) is 3.99. The van der Waals surface area contributed by atoms with Gasteiger partial charge < -0.3 is 10.1 Å². The van der Waals surface area contributed by atoms with Crippen LogP contribution in [0.3, 0.4) is 0 Å². The lowest BCUT2D eigenvalue weighted by Crippen LogP contribution is -2.31. The number of hydrogen-bond donors (Lipinski definition) is 2. The van der Waals surface area contributed by atoms with E-state index in [4.69, 9.17) is 16.3 Å². The molecule has 8 nitrogen and oxygen atoms in total. The number of ether oxygens (including phenoxy) is 1. The third-order valence-corrected chi connectivity index (χ3v) is 5.79. The van der Waals surface area contributed by atoms with Crippen LogP contribution in [0.2, 0.25) is 5.02 Å². The molecule has 0 fully saturated rings. The van der Waals surface area contributed by atoms with Gasteiger partial charge in [0.2, 0.25) is 5.95 Å². The van der Waals surface area contributed by atoms with Crippen LogP contribution in [0.15, 0.2) is 65.8 Å². The smallest absolute Gasteiger partial charge is 0.265 e. The highest BCUT2D eigenvalue weighted by Crippen LogP contribution is 2.31. The van der Waals surface area contributed by atoms with Gasteiger partial charge in [0.1, 0.15) is 5.75 Å². The average Bonchev–Trinajstić information content (AvgIpc) is 3.12. The van der Waals surface area contributed by atoms with Gasteiger partial charge in [-0.05, 0) is 54.1 Å². The SMILES string of the molecule is O=C(Nc1ccc(S(=O)(=O)Nc2ncccn2)cc1)[C@H]1Cc2cc(Cl)ccc2O1. The maximum absolute atomic E-state index is 12.5. The van der Waals surface area contributed by atoms with Gasteiger partial charge in [-0.25, -0.2) is 23.1 Å². The van der Waals surface area contributed by atoms with Crippen LogP contribution in [0.1, 0.15) is 5.56 Å². The molecule has 1 amide bonds. The highest BCUT2D eigenvalue weighted by molar-refractivity contribution is 7.92. The predicted molar refractivity (Wildman–Crippen MR) is 107 cm³/mol. The zero-order valence-electron chi connectivity index (χ0n) is 14.9. The number of anilines is 2. The van der Waals surface area contributed by atoms with E-state index in [1.807, 2.05) is 0 Å². The van der Waals surface area contributed by atoms with Gasteiger partial charge in [0.15, 0.2) is 6.10 Å². The maximum atomic E-state index is 12.5. The number of amides is 1. The van der Waals surface area contributed by atoms with Crippen LogP contribution < -0.4 is 14.8 Å². The molecule has 2 N–H and O–H groups in total. The van der Waals surface area contributed by atoms with E-state index in [0.29, 0.717) is 22.9 Å². The monoisotopic (exact) mass is 430 g/mol. The third kappa shape index (κ3) is 4.30. The van der Waals surface area contributed by atoms with Gasteiger partial charge in [0, 0.05) is 29.5 Å². The first-order chi connectivity index (χ1) is 13.9. The van der Waals surface area contributed by atoms with Crippen LogP contribution in [0.25, 0.3) is 0 Å². The number of halogens is 1. The number of fused-ring (bicyclic) bond motifs is 1. The van der Waals surface area contributed by atoms with E-state index in [0.717, 1.165) is 5.56 Å². The molecule has 1 aromatic heterocycles. The molecule has 0 radical (unpaired) electrons. The second-order valence-electron chi connectivity index (χ2n) is 6.25. The third-order valence-electron chi connectivity index (χ3n) is 4.21. The Morgan fingerprint density at radius 2 is 1.83 bits per heavy atom. The van der Waals surface area contributed by atoms with Gasteiger partial charge >= 0.3 is 0 Å². The molecule has 3 aromatic rings. The van der Waals surface area contributed by atoms with Crippen molar-refractivity contribution in [1.82, 2.24) is 9.97 Å². The fraction of sp³-hybridized carbons (Fsp3) is 0.105. The molecular weight excluding hydrogens is 416 g/mol. The number of sulfonamides is 1. The molecule has 148 valence electrons. The van der Waals surface area contributed by atoms with Crippen molar-refractivity contribution in [1.29, 1.82) is 0 Å². The molecule has 1 atom stereocenters. The second-order valence-corrected chi connectivity index (χ2v) is 8.37. The lowest BCUT2D eigenvalue weighted by atomic mass is 10.1. The van der Waals surface area contributed by atoms with Crippen LogP contribution in [0.5, 0.6) is 5.75 Å². The van der Waals surface area contributed by atoms with Gasteiger partial charge in [0.25, 0.3) is 15.9 Å². The topological polar surface area (TPSA) is 110 Å². The first kappa shape index (κ1) is 19.2. The fourth-order valence-electron chi connectivity index (χ4n) is 2.83. The Balaban J connectivity index is 1.41. The summed E-state index contributed by atoms with van der Waals surface area (Å²) in [5.41, 5.74) is 1.32. The molecule has 0 aliphatic carbocycles. The Morgan fingerprint density at radius 1 is 1.10 bits per heavy atom. The summed E-state index contributed by atoms with van der Waals surface area (Å²) in [6.45, 7) is 0. The number of nitrogens with one attached hydrogen (secondary N) is 2. The molecule has 0 saturated carbocycles. The summed E-state index contributed by atoms with van der Waals surface area (Å²) in [5.74, 6) is 0.275. The summed E-state index contributed by atoms with van der Waals surface area (Å²) in [5, 5.41) is 3.31. The van der Waals surface area contributed by atoms with Crippen molar-refractivity contribution in [2.75, 3.05) is 10.0 Å². The minimum absolute atomic E-state index is 0.0158. The Hall–Kier alpha value is -3.17. The standard InChI is InChI=1S/C19H15ClN4O4S/c20-13-2-7-16-12(10-13)11-17(28-16)18(25)23-14-3-5-15(6-4-14)29(26,27)24-19-21-8-1-9-22-19/h1-10,17H,11H2,(H,23,25)(H,21,22,24)/t17-/m1/s1. The zero-order valence-corrected chi connectivity index (χ0v) is 16.4. The minimum atomic E-state index is -3.84. The summed E-state index contributed by atoms with van der Waals surface area (Å²) in [6, 6.07) is 12.5. The first-order valence-electron chi connectivity index (χ1n) is 8.56. The van der Waals surface area contributed by atoms with Crippen molar-refractivity contribution in [3.05, 3.63) is 71.5 Å². The Labute approximate surface area is 172 Å². The molecule has 0 saturated heterocycles. The number of aromatic nitrogens is 2. The Kier molecular flexibility index (Phi) is 5.08. The largest absolute Gasteiger partial charge is 0.480 e. The van der Waals surface area contributed by atoms with E-state index in [-0.39, 0.29) is 16.8 Å². The number of nitrogens with zero attached hydrogens (tertiary/aromatic N) is 2. The van der Waals surface area contributed by atoms with Gasteiger partial charge in [-0.1, -0.05) is 11.6 Å². The first-order valence-corrected chi connectivity index (χ1v) is 10.4. The average molecular weight is 431 g/mol. The van der Waals surface area contributed by atoms with E-state index in [1.54, 1.807) is 24.3 Å². The molecule has 4 rings (SSSR count). The van der Waals surface area contributed by atoms with Crippen LogP contribution in [0.4, 0.5) is 11.6 Å². The van der Waals surface area contributed by atoms with Crippen molar-refractivity contribution < 1.29 is 17.9 Å². The second kappa shape index (κ2) is 7.69. The highest BCUT2D eigenvalue weighted by Gasteiger charge is 2.29. The maximum Gasteiger partial charge on any atom is 0.265 e. The molecule has 1 aliphatic heterocycles. The zero-order chi connectivity index (χ0) is 20.4. The Morgan fingerprint density at radius 3 is 2.55 bits per heavy atom. The molecule has 29 heavy (non-hydrogen) atoms. The van der Waals surface area contributed by atoms with Gasteiger partial charge in [-0.15, -0.1) is 0 Å². The van der Waals surface area contributed by atoms with Gasteiger partial charge in [0.05, 0.1) is 4.90 Å². The van der Waals surface area contributed by atoms with Crippen LogP contribution in [-0.4, -0.2) is 30.4 Å². The summed E-state index contributed by atoms with van der Waals surface area (Å²) >= 11 is 5.96. The molecule has 2 aromatic carbocycles. The van der Waals surface area contributed by atoms with Gasteiger partial charge in [-0.2, -0.15) is 0 Å². The molecule has 1 aliphatic rings. The molecule has 0 bridgehead atoms. The number of benzene rings is 2. The molecule has 2 heterocycles. The predicted octanol–water partition coefficient (Wildman–Crippen LogP) is 2.87. The van der Waals surface area contributed by atoms with Crippen molar-refractivity contribution >= 4 is 39.2 Å². The molecular formula is C19H15ClN4O4S. The van der Waals surface area contributed by atoms with Crippen LogP contribution >= 0.6 is 11.6 Å². The van der Waals surface area contributed by atoms with E-state index in [9.17, 15) is 13.2 Å². The molecule has 10 heteroatoms. The van der Waals surface area contributed by atoms with Crippen LogP contribution in [-0.2, 0) is 21.2 Å². The highest BCUT2D eigenvalue weighted by atomic mass is 35.5. The lowest BCUT2D eigenvalue weighted by molar-refractivity contribution is -0.122. The normalized spacial score (nSPS) is 15.3. The Bertz CT molecular complexity index is 1150. The van der Waals surface area contributed by atoms with Crippen molar-refractivity contribution in [3.63, 3.8) is 0 Å². The van der Waals surface area contributed by atoms with E-state index in [2.05, 4.69) is 20.0 Å². The minimum Gasteiger partial charge on any atom is -0.480 e. The van der Waals surface area contributed by atoms with E-state index in [1.165, 1.54) is 36.7 Å². The van der Waals surface area contributed by atoms with Gasteiger partial charge in [-0.3, -0.25) is 4.79 Å².